The zero-order valence-corrected chi connectivity index (χ0v) is 30.9. The Labute approximate surface area is 330 Å². The number of hydrogen-bond acceptors (Lipinski definition) is 3. The van der Waals surface area contributed by atoms with Crippen molar-refractivity contribution in [2.75, 3.05) is 0 Å². The van der Waals surface area contributed by atoms with E-state index in [2.05, 4.69) is 193 Å². The molecule has 4 heteroatoms. The van der Waals surface area contributed by atoms with Crippen LogP contribution in [-0.4, -0.2) is 19.5 Å². The maximum atomic E-state index is 5.29. The van der Waals surface area contributed by atoms with E-state index >= 15 is 0 Å². The summed E-state index contributed by atoms with van der Waals surface area (Å²) in [6.45, 7) is 0. The predicted molar refractivity (Wildman–Crippen MR) is 236 cm³/mol. The molecule has 57 heavy (non-hydrogen) atoms. The fourth-order valence-corrected chi connectivity index (χ4v) is 8.45. The lowest BCUT2D eigenvalue weighted by Crippen LogP contribution is -2.01. The molecule has 0 atom stereocenters. The van der Waals surface area contributed by atoms with Crippen molar-refractivity contribution in [1.82, 2.24) is 19.5 Å². The summed E-state index contributed by atoms with van der Waals surface area (Å²) in [5, 5.41) is 6.93. The maximum absolute atomic E-state index is 5.29. The van der Waals surface area contributed by atoms with E-state index in [1.807, 2.05) is 18.2 Å². The highest BCUT2D eigenvalue weighted by Gasteiger charge is 2.19. The molecule has 0 N–H and O–H groups in total. The largest absolute Gasteiger partial charge is 0.309 e. The Kier molecular flexibility index (Phi) is 7.78. The maximum Gasteiger partial charge on any atom is 0.164 e. The molecule has 2 aromatic heterocycles. The van der Waals surface area contributed by atoms with E-state index in [0.717, 1.165) is 55.0 Å². The van der Waals surface area contributed by atoms with Gasteiger partial charge in [0.15, 0.2) is 17.5 Å². The molecule has 4 nitrogen and oxygen atoms in total. The summed E-state index contributed by atoms with van der Waals surface area (Å²) in [5.41, 5.74) is 11.1. The van der Waals surface area contributed by atoms with Gasteiger partial charge in [0.1, 0.15) is 0 Å². The third-order valence-electron chi connectivity index (χ3n) is 11.1. The topological polar surface area (TPSA) is 43.6 Å². The van der Waals surface area contributed by atoms with Gasteiger partial charge < -0.3 is 4.57 Å². The first-order valence-corrected chi connectivity index (χ1v) is 19.3. The molecule has 0 aliphatic carbocycles. The molecule has 0 aliphatic heterocycles. The minimum absolute atomic E-state index is 0.638. The molecule has 2 heterocycles. The van der Waals surface area contributed by atoms with Crippen LogP contribution in [0.1, 0.15) is 0 Å². The number of para-hydroxylation sites is 2. The van der Waals surface area contributed by atoms with Crippen molar-refractivity contribution in [1.29, 1.82) is 0 Å². The highest BCUT2D eigenvalue weighted by Crippen LogP contribution is 2.40. The van der Waals surface area contributed by atoms with Crippen LogP contribution in [0, 0.1) is 0 Å². The average Bonchev–Trinajstić information content (AvgIpc) is 3.62. The summed E-state index contributed by atoms with van der Waals surface area (Å²) in [6, 6.07) is 72.8. The molecular formula is C53H34N4. The van der Waals surface area contributed by atoms with Gasteiger partial charge in [-0.05, 0) is 80.2 Å². The van der Waals surface area contributed by atoms with Gasteiger partial charge in [0.2, 0.25) is 0 Å². The molecule has 0 aliphatic rings. The van der Waals surface area contributed by atoms with E-state index < -0.39 is 0 Å². The third-order valence-corrected chi connectivity index (χ3v) is 11.1. The highest BCUT2D eigenvalue weighted by atomic mass is 15.0. The van der Waals surface area contributed by atoms with Crippen LogP contribution in [0.15, 0.2) is 206 Å². The minimum Gasteiger partial charge on any atom is -0.309 e. The standard InChI is InChI=1S/C53H34N4/c1-4-16-35(17-5-1)39-25-14-27-44-42(39)26-15-28-46(44)52-54-51(36-18-6-2-7-19-36)55-53(56-52)47-32-31-40(41-22-10-11-23-43(41)47)37-30-33-50-48(34-37)45-24-12-13-29-49(45)57(50)38-20-8-3-9-21-38/h1-34H. The van der Waals surface area contributed by atoms with Crippen molar-refractivity contribution in [3.8, 4) is 62.1 Å². The van der Waals surface area contributed by atoms with Crippen molar-refractivity contribution < 1.29 is 0 Å². The van der Waals surface area contributed by atoms with E-state index in [-0.39, 0.29) is 0 Å². The second kappa shape index (κ2) is 13.6. The van der Waals surface area contributed by atoms with Crippen LogP contribution in [0.2, 0.25) is 0 Å². The number of aromatic nitrogens is 4. The zero-order valence-electron chi connectivity index (χ0n) is 30.9. The summed E-state index contributed by atoms with van der Waals surface area (Å²) in [5.74, 6) is 1.92. The SMILES string of the molecule is c1ccc(-c2nc(-c3cccc4c(-c5ccccc5)cccc34)nc(-c3ccc(-c4ccc5c(c4)c4ccccc4n5-c4ccccc4)c4ccccc34)n2)cc1. The van der Waals surface area contributed by atoms with Gasteiger partial charge in [0, 0.05) is 33.2 Å². The molecule has 9 aromatic carbocycles. The van der Waals surface area contributed by atoms with Gasteiger partial charge >= 0.3 is 0 Å². The van der Waals surface area contributed by atoms with Crippen LogP contribution in [0.5, 0.6) is 0 Å². The monoisotopic (exact) mass is 726 g/mol. The zero-order chi connectivity index (χ0) is 37.7. The van der Waals surface area contributed by atoms with Gasteiger partial charge in [-0.1, -0.05) is 170 Å². The molecule has 0 amide bonds. The van der Waals surface area contributed by atoms with Crippen LogP contribution >= 0.6 is 0 Å². The van der Waals surface area contributed by atoms with Crippen molar-refractivity contribution >= 4 is 43.4 Å². The van der Waals surface area contributed by atoms with E-state index in [1.54, 1.807) is 0 Å². The van der Waals surface area contributed by atoms with Gasteiger partial charge in [-0.25, -0.2) is 15.0 Å². The van der Waals surface area contributed by atoms with Crippen LogP contribution in [-0.2, 0) is 0 Å². The van der Waals surface area contributed by atoms with Crippen molar-refractivity contribution in [2.45, 2.75) is 0 Å². The van der Waals surface area contributed by atoms with E-state index in [9.17, 15) is 0 Å². The molecule has 0 saturated heterocycles. The molecule has 0 bridgehead atoms. The van der Waals surface area contributed by atoms with Crippen molar-refractivity contribution in [3.05, 3.63) is 206 Å². The van der Waals surface area contributed by atoms with E-state index in [0.29, 0.717) is 17.5 Å². The second-order valence-electron chi connectivity index (χ2n) is 14.4. The highest BCUT2D eigenvalue weighted by molar-refractivity contribution is 6.12. The summed E-state index contributed by atoms with van der Waals surface area (Å²) in [4.78, 5) is 15.6. The molecule has 0 saturated carbocycles. The van der Waals surface area contributed by atoms with Gasteiger partial charge in [0.25, 0.3) is 0 Å². The van der Waals surface area contributed by atoms with Crippen LogP contribution < -0.4 is 0 Å². The molecule has 0 spiro atoms. The van der Waals surface area contributed by atoms with Crippen molar-refractivity contribution in [2.24, 2.45) is 0 Å². The van der Waals surface area contributed by atoms with Gasteiger partial charge in [-0.2, -0.15) is 0 Å². The summed E-state index contributed by atoms with van der Waals surface area (Å²) < 4.78 is 2.36. The molecule has 11 aromatic rings. The van der Waals surface area contributed by atoms with Crippen LogP contribution in [0.25, 0.3) is 105 Å². The number of rotatable bonds is 6. The Morgan fingerprint density at radius 3 is 1.40 bits per heavy atom. The second-order valence-corrected chi connectivity index (χ2v) is 14.4. The Bertz CT molecular complexity index is 3280. The van der Waals surface area contributed by atoms with E-state index in [1.165, 1.54) is 32.9 Å². The Morgan fingerprint density at radius 2 is 0.719 bits per heavy atom. The molecule has 0 fully saturated rings. The fraction of sp³-hybridized carbons (Fsp3) is 0. The molecule has 0 unspecified atom stereocenters. The fourth-order valence-electron chi connectivity index (χ4n) is 8.45. The smallest absolute Gasteiger partial charge is 0.164 e. The molecular weight excluding hydrogens is 693 g/mol. The van der Waals surface area contributed by atoms with Gasteiger partial charge in [0.05, 0.1) is 11.0 Å². The molecule has 0 radical (unpaired) electrons. The molecule has 11 rings (SSSR count). The Morgan fingerprint density at radius 1 is 0.263 bits per heavy atom. The average molecular weight is 727 g/mol. The lowest BCUT2D eigenvalue weighted by Gasteiger charge is -2.14. The van der Waals surface area contributed by atoms with Gasteiger partial charge in [-0.3, -0.25) is 0 Å². The van der Waals surface area contributed by atoms with E-state index in [4.69, 9.17) is 15.0 Å². The first kappa shape index (κ1) is 32.7. The predicted octanol–water partition coefficient (Wildman–Crippen LogP) is 13.6. The number of hydrogen-bond donors (Lipinski definition) is 0. The third kappa shape index (κ3) is 5.58. The lowest BCUT2D eigenvalue weighted by atomic mass is 9.93. The Balaban J connectivity index is 1.09. The summed E-state index contributed by atoms with van der Waals surface area (Å²) >= 11 is 0. The van der Waals surface area contributed by atoms with Crippen LogP contribution in [0.3, 0.4) is 0 Å². The summed E-state index contributed by atoms with van der Waals surface area (Å²) in [6.07, 6.45) is 0. The number of nitrogens with zero attached hydrogens (tertiary/aromatic N) is 4. The first-order chi connectivity index (χ1) is 28.3. The van der Waals surface area contributed by atoms with Crippen molar-refractivity contribution in [3.63, 3.8) is 0 Å². The van der Waals surface area contributed by atoms with Crippen LogP contribution in [0.4, 0.5) is 0 Å². The quantitative estimate of drug-likeness (QED) is 0.171. The normalized spacial score (nSPS) is 11.5. The molecule has 266 valence electrons. The number of benzene rings is 9. The van der Waals surface area contributed by atoms with Gasteiger partial charge in [-0.15, -0.1) is 0 Å². The minimum atomic E-state index is 0.638. The summed E-state index contributed by atoms with van der Waals surface area (Å²) in [7, 11) is 0. The number of fused-ring (bicyclic) bond motifs is 5. The Hall–Kier alpha value is -7.69. The first-order valence-electron chi connectivity index (χ1n) is 19.3. The lowest BCUT2D eigenvalue weighted by molar-refractivity contribution is 1.08.